The van der Waals surface area contributed by atoms with Crippen molar-refractivity contribution < 1.29 is 4.79 Å². The van der Waals surface area contributed by atoms with Crippen LogP contribution in [0.1, 0.15) is 28.4 Å². The molecule has 1 aliphatic rings. The Kier molecular flexibility index (Phi) is 4.12. The molecule has 5 heteroatoms. The molecule has 0 aromatic carbocycles. The van der Waals surface area contributed by atoms with Gasteiger partial charge in [-0.2, -0.15) is 0 Å². The third-order valence-corrected chi connectivity index (χ3v) is 4.16. The average Bonchev–Trinajstić information content (AvgIpc) is 2.66. The topological polar surface area (TPSA) is 54.0 Å². The van der Waals surface area contributed by atoms with Crippen molar-refractivity contribution in [1.82, 2.24) is 15.6 Å². The number of aryl methyl sites for hydroxylation is 2. The molecule has 17 heavy (non-hydrogen) atoms. The van der Waals surface area contributed by atoms with Crippen LogP contribution in [-0.2, 0) is 11.3 Å². The van der Waals surface area contributed by atoms with Gasteiger partial charge in [-0.25, -0.2) is 4.98 Å². The first-order valence-corrected chi connectivity index (χ1v) is 6.90. The molecule has 0 radical (unpaired) electrons. The van der Waals surface area contributed by atoms with Crippen LogP contribution in [-0.4, -0.2) is 24.0 Å². The zero-order valence-electron chi connectivity index (χ0n) is 10.4. The highest BCUT2D eigenvalue weighted by Gasteiger charge is 2.20. The molecule has 0 unspecified atom stereocenters. The fourth-order valence-electron chi connectivity index (χ4n) is 2.12. The third-order valence-electron chi connectivity index (χ3n) is 3.09. The number of thiazole rings is 1. The van der Waals surface area contributed by atoms with E-state index < -0.39 is 0 Å². The molecule has 0 aliphatic carbocycles. The Hall–Kier alpha value is -0.940. The number of carbonyl (C=O) groups is 1. The van der Waals surface area contributed by atoms with Gasteiger partial charge in [0.15, 0.2) is 0 Å². The number of rotatable bonds is 3. The van der Waals surface area contributed by atoms with Gasteiger partial charge in [0.05, 0.1) is 23.2 Å². The molecule has 94 valence electrons. The molecule has 0 saturated carbocycles. The lowest BCUT2D eigenvalue weighted by Crippen LogP contribution is -2.40. The van der Waals surface area contributed by atoms with Gasteiger partial charge in [-0.3, -0.25) is 4.79 Å². The summed E-state index contributed by atoms with van der Waals surface area (Å²) >= 11 is 1.66. The molecular formula is C12H19N3OS. The minimum Gasteiger partial charge on any atom is -0.351 e. The minimum absolute atomic E-state index is 0.137. The molecule has 4 nitrogen and oxygen atoms in total. The van der Waals surface area contributed by atoms with Crippen LogP contribution in [0, 0.1) is 19.8 Å². The molecule has 1 fully saturated rings. The highest BCUT2D eigenvalue weighted by Crippen LogP contribution is 2.17. The summed E-state index contributed by atoms with van der Waals surface area (Å²) in [4.78, 5) is 17.4. The van der Waals surface area contributed by atoms with Gasteiger partial charge in [0.2, 0.25) is 5.91 Å². The van der Waals surface area contributed by atoms with Crippen LogP contribution >= 0.6 is 11.3 Å². The monoisotopic (exact) mass is 253 g/mol. The summed E-state index contributed by atoms with van der Waals surface area (Å²) in [6.07, 6.45) is 2.09. The SMILES string of the molecule is Cc1nc(C)c(CNC(=O)[C@@H]2CCCNC2)s1. The molecule has 2 N–H and O–H groups in total. The van der Waals surface area contributed by atoms with Crippen molar-refractivity contribution in [2.24, 2.45) is 5.92 Å². The van der Waals surface area contributed by atoms with E-state index in [-0.39, 0.29) is 11.8 Å². The van der Waals surface area contributed by atoms with Crippen LogP contribution in [0.4, 0.5) is 0 Å². The van der Waals surface area contributed by atoms with Crippen LogP contribution in [0.5, 0.6) is 0 Å². The summed E-state index contributed by atoms with van der Waals surface area (Å²) in [7, 11) is 0. The number of carbonyl (C=O) groups excluding carboxylic acids is 1. The van der Waals surface area contributed by atoms with Gasteiger partial charge < -0.3 is 10.6 Å². The van der Waals surface area contributed by atoms with E-state index in [0.717, 1.165) is 36.6 Å². The van der Waals surface area contributed by atoms with Crippen LogP contribution < -0.4 is 10.6 Å². The molecule has 2 heterocycles. The van der Waals surface area contributed by atoms with Crippen molar-refractivity contribution in [1.29, 1.82) is 0 Å². The lowest BCUT2D eigenvalue weighted by atomic mass is 9.99. The van der Waals surface area contributed by atoms with Gasteiger partial charge in [0.25, 0.3) is 0 Å². The van der Waals surface area contributed by atoms with Crippen molar-refractivity contribution in [3.8, 4) is 0 Å². The van der Waals surface area contributed by atoms with Crippen LogP contribution in [0.3, 0.4) is 0 Å². The van der Waals surface area contributed by atoms with E-state index in [1.165, 1.54) is 4.88 Å². The van der Waals surface area contributed by atoms with Crippen LogP contribution in [0.25, 0.3) is 0 Å². The zero-order valence-corrected chi connectivity index (χ0v) is 11.2. The Morgan fingerprint density at radius 2 is 2.41 bits per heavy atom. The first-order chi connectivity index (χ1) is 8.16. The highest BCUT2D eigenvalue weighted by atomic mass is 32.1. The maximum atomic E-state index is 11.9. The lowest BCUT2D eigenvalue weighted by Gasteiger charge is -2.21. The Morgan fingerprint density at radius 3 is 3.00 bits per heavy atom. The second-order valence-corrected chi connectivity index (χ2v) is 5.79. The van der Waals surface area contributed by atoms with E-state index in [4.69, 9.17) is 0 Å². The van der Waals surface area contributed by atoms with Gasteiger partial charge in [-0.15, -0.1) is 11.3 Å². The predicted octanol–water partition coefficient (Wildman–Crippen LogP) is 1.38. The molecule has 1 aromatic rings. The number of nitrogens with one attached hydrogen (secondary N) is 2. The summed E-state index contributed by atoms with van der Waals surface area (Å²) in [6, 6.07) is 0. The number of hydrogen-bond acceptors (Lipinski definition) is 4. The maximum absolute atomic E-state index is 11.9. The van der Waals surface area contributed by atoms with E-state index in [1.807, 2.05) is 13.8 Å². The largest absolute Gasteiger partial charge is 0.351 e. The number of hydrogen-bond donors (Lipinski definition) is 2. The summed E-state index contributed by atoms with van der Waals surface area (Å²) in [6.45, 7) is 6.46. The number of piperidine rings is 1. The third kappa shape index (κ3) is 3.26. The molecule has 1 atom stereocenters. The van der Waals surface area contributed by atoms with Gasteiger partial charge in [0, 0.05) is 11.4 Å². The van der Waals surface area contributed by atoms with Crippen molar-refractivity contribution in [3.63, 3.8) is 0 Å². The lowest BCUT2D eigenvalue weighted by molar-refractivity contribution is -0.125. The van der Waals surface area contributed by atoms with Gasteiger partial charge in [0.1, 0.15) is 0 Å². The fraction of sp³-hybridized carbons (Fsp3) is 0.667. The molecule has 1 saturated heterocycles. The van der Waals surface area contributed by atoms with Crippen molar-refractivity contribution in [3.05, 3.63) is 15.6 Å². The quantitative estimate of drug-likeness (QED) is 0.855. The summed E-state index contributed by atoms with van der Waals surface area (Å²) in [5, 5.41) is 7.33. The number of aromatic nitrogens is 1. The highest BCUT2D eigenvalue weighted by molar-refractivity contribution is 7.11. The van der Waals surface area contributed by atoms with Gasteiger partial charge in [-0.1, -0.05) is 0 Å². The normalized spacial score (nSPS) is 20.2. The zero-order chi connectivity index (χ0) is 12.3. The van der Waals surface area contributed by atoms with Crippen molar-refractivity contribution in [2.45, 2.75) is 33.2 Å². The Balaban J connectivity index is 1.85. The first kappa shape index (κ1) is 12.5. The molecule has 1 aliphatic heterocycles. The smallest absolute Gasteiger partial charge is 0.224 e. The Morgan fingerprint density at radius 1 is 1.59 bits per heavy atom. The van der Waals surface area contributed by atoms with E-state index in [9.17, 15) is 4.79 Å². The summed E-state index contributed by atoms with van der Waals surface area (Å²) in [5.74, 6) is 0.306. The summed E-state index contributed by atoms with van der Waals surface area (Å²) < 4.78 is 0. The second kappa shape index (κ2) is 5.60. The predicted molar refractivity (Wildman–Crippen MR) is 69.0 cm³/mol. The molecule has 0 spiro atoms. The van der Waals surface area contributed by atoms with E-state index in [0.29, 0.717) is 6.54 Å². The van der Waals surface area contributed by atoms with E-state index in [1.54, 1.807) is 11.3 Å². The van der Waals surface area contributed by atoms with Crippen molar-refractivity contribution >= 4 is 17.2 Å². The van der Waals surface area contributed by atoms with Gasteiger partial charge >= 0.3 is 0 Å². The summed E-state index contributed by atoms with van der Waals surface area (Å²) in [5.41, 5.74) is 1.04. The van der Waals surface area contributed by atoms with Crippen molar-refractivity contribution in [2.75, 3.05) is 13.1 Å². The average molecular weight is 253 g/mol. The van der Waals surface area contributed by atoms with Crippen LogP contribution in [0.2, 0.25) is 0 Å². The maximum Gasteiger partial charge on any atom is 0.224 e. The standard InChI is InChI=1S/C12H19N3OS/c1-8-11(17-9(2)15-8)7-14-12(16)10-4-3-5-13-6-10/h10,13H,3-7H2,1-2H3,(H,14,16)/t10-/m1/s1. The first-order valence-electron chi connectivity index (χ1n) is 6.08. The minimum atomic E-state index is 0.137. The van der Waals surface area contributed by atoms with Gasteiger partial charge in [-0.05, 0) is 33.2 Å². The number of nitrogens with zero attached hydrogens (tertiary/aromatic N) is 1. The number of amides is 1. The molecule has 1 aromatic heterocycles. The van der Waals surface area contributed by atoms with E-state index >= 15 is 0 Å². The Bertz CT molecular complexity index is 396. The van der Waals surface area contributed by atoms with Crippen LogP contribution in [0.15, 0.2) is 0 Å². The molecule has 1 amide bonds. The Labute approximate surface area is 106 Å². The molecule has 0 bridgehead atoms. The molecule has 2 rings (SSSR count). The van der Waals surface area contributed by atoms with E-state index in [2.05, 4.69) is 15.6 Å². The molecular weight excluding hydrogens is 234 g/mol. The second-order valence-electron chi connectivity index (χ2n) is 4.50. The fourth-order valence-corrected chi connectivity index (χ4v) is 3.00.